The summed E-state index contributed by atoms with van der Waals surface area (Å²) in [6.45, 7) is 1.22. The van der Waals surface area contributed by atoms with Gasteiger partial charge in [-0.05, 0) is 19.1 Å². The first-order valence-electron chi connectivity index (χ1n) is 8.57. The van der Waals surface area contributed by atoms with Gasteiger partial charge in [0, 0.05) is 18.1 Å². The van der Waals surface area contributed by atoms with Crippen molar-refractivity contribution in [1.82, 2.24) is 0 Å². The van der Waals surface area contributed by atoms with Crippen molar-refractivity contribution in [3.8, 4) is 0 Å². The zero-order valence-corrected chi connectivity index (χ0v) is 15.4. The van der Waals surface area contributed by atoms with Crippen molar-refractivity contribution in [2.45, 2.75) is 31.0 Å². The van der Waals surface area contributed by atoms with Crippen LogP contribution < -0.4 is 0 Å². The predicted molar refractivity (Wildman–Crippen MR) is 93.1 cm³/mol. The number of benzene rings is 1. The van der Waals surface area contributed by atoms with Crippen LogP contribution in [0.4, 0.5) is 5.69 Å². The molecule has 1 aliphatic heterocycles. The number of aliphatic hydroxyl groups is 3. The highest BCUT2D eigenvalue weighted by atomic mass is 16.6. The predicted octanol–water partition coefficient (Wildman–Crippen LogP) is -0.116. The third kappa shape index (κ3) is 3.43. The average Bonchev–Trinajstić information content (AvgIpc) is 2.89. The summed E-state index contributed by atoms with van der Waals surface area (Å²) in [4.78, 5) is 34.7. The number of methoxy groups -OCH3 is 1. The van der Waals surface area contributed by atoms with Gasteiger partial charge in [0.25, 0.3) is 5.69 Å². The molecule has 0 amide bonds. The Morgan fingerprint density at radius 3 is 2.38 bits per heavy atom. The lowest BCUT2D eigenvalue weighted by Crippen LogP contribution is -2.48. The maximum absolute atomic E-state index is 12.5. The molecule has 1 heterocycles. The van der Waals surface area contributed by atoms with E-state index in [2.05, 4.69) is 4.74 Å². The summed E-state index contributed by atoms with van der Waals surface area (Å²) in [5, 5.41) is 42.2. The van der Waals surface area contributed by atoms with Crippen LogP contribution >= 0.6 is 0 Å². The van der Waals surface area contributed by atoms with E-state index in [0.29, 0.717) is 0 Å². The third-order valence-corrected chi connectivity index (χ3v) is 5.30. The van der Waals surface area contributed by atoms with E-state index >= 15 is 0 Å². The van der Waals surface area contributed by atoms with Crippen LogP contribution in [0.5, 0.6) is 0 Å². The maximum atomic E-state index is 12.5. The Kier molecular flexibility index (Phi) is 5.30. The molecule has 2 aliphatic rings. The molecule has 0 saturated heterocycles. The monoisotopic (exact) mass is 409 g/mol. The summed E-state index contributed by atoms with van der Waals surface area (Å²) in [6.07, 6.45) is -3.70. The maximum Gasteiger partial charge on any atom is 0.338 e. The van der Waals surface area contributed by atoms with Crippen molar-refractivity contribution < 1.29 is 44.0 Å². The van der Waals surface area contributed by atoms with Crippen molar-refractivity contribution >= 4 is 17.6 Å². The molecule has 0 bridgehead atoms. The van der Waals surface area contributed by atoms with Crippen molar-refractivity contribution in [2.24, 2.45) is 11.8 Å². The van der Waals surface area contributed by atoms with E-state index in [1.165, 1.54) is 19.1 Å². The summed E-state index contributed by atoms with van der Waals surface area (Å²) >= 11 is 0. The molecule has 0 radical (unpaired) electrons. The molecule has 3 N–H and O–H groups in total. The van der Waals surface area contributed by atoms with Crippen LogP contribution in [0.2, 0.25) is 0 Å². The van der Waals surface area contributed by atoms with Gasteiger partial charge < -0.3 is 29.5 Å². The third-order valence-electron chi connectivity index (χ3n) is 5.30. The fourth-order valence-corrected chi connectivity index (χ4v) is 3.79. The summed E-state index contributed by atoms with van der Waals surface area (Å²) in [6, 6.07) is 4.57. The molecule has 1 aromatic carbocycles. The van der Waals surface area contributed by atoms with Gasteiger partial charge in [-0.15, -0.1) is 0 Å². The van der Waals surface area contributed by atoms with Crippen LogP contribution in [0.1, 0.15) is 17.3 Å². The van der Waals surface area contributed by atoms with E-state index in [-0.39, 0.29) is 16.8 Å². The molecule has 156 valence electrons. The topological polar surface area (TPSA) is 166 Å². The van der Waals surface area contributed by atoms with E-state index in [0.717, 1.165) is 25.5 Å². The Bertz CT molecular complexity index is 862. The average molecular weight is 409 g/mol. The number of carbonyl (C=O) groups excluding carboxylic acids is 2. The van der Waals surface area contributed by atoms with Crippen molar-refractivity contribution in [3.63, 3.8) is 0 Å². The summed E-state index contributed by atoms with van der Waals surface area (Å²) in [5.74, 6) is -4.08. The molecule has 29 heavy (non-hydrogen) atoms. The summed E-state index contributed by atoms with van der Waals surface area (Å²) in [5.41, 5.74) is -2.35. The van der Waals surface area contributed by atoms with Crippen LogP contribution in [0.3, 0.4) is 0 Å². The van der Waals surface area contributed by atoms with Crippen LogP contribution in [-0.2, 0) is 19.0 Å². The van der Waals surface area contributed by atoms with E-state index < -0.39 is 52.8 Å². The van der Waals surface area contributed by atoms with Gasteiger partial charge in [-0.25, -0.2) is 9.59 Å². The molecule has 1 aliphatic carbocycles. The Labute approximate surface area is 164 Å². The first-order chi connectivity index (χ1) is 13.6. The molecule has 1 fully saturated rings. The highest BCUT2D eigenvalue weighted by molar-refractivity contribution is 5.91. The molecule has 0 aromatic heterocycles. The van der Waals surface area contributed by atoms with Crippen molar-refractivity contribution in [3.05, 3.63) is 51.8 Å². The molecule has 6 atom stereocenters. The molecule has 3 rings (SSSR count). The van der Waals surface area contributed by atoms with E-state index in [1.807, 2.05) is 0 Å². The Morgan fingerprint density at radius 2 is 1.83 bits per heavy atom. The van der Waals surface area contributed by atoms with Gasteiger partial charge in [0.15, 0.2) is 0 Å². The SMILES string of the molecule is COC(=O)C1=COC(O)[C@H]2[C@@H]1[C@H](OC(=O)c1ccc([N+](=O)[O-])cc1)[C@H](O)[C@]2(C)O. The van der Waals surface area contributed by atoms with E-state index in [9.17, 15) is 35.0 Å². The molecular weight excluding hydrogens is 390 g/mol. The van der Waals surface area contributed by atoms with Gasteiger partial charge in [0.2, 0.25) is 6.29 Å². The largest absolute Gasteiger partial charge is 0.472 e. The van der Waals surface area contributed by atoms with Crippen molar-refractivity contribution in [1.29, 1.82) is 0 Å². The zero-order valence-electron chi connectivity index (χ0n) is 15.4. The first kappa shape index (κ1) is 20.7. The fraction of sp³-hybridized carbons (Fsp3) is 0.444. The van der Waals surface area contributed by atoms with E-state index in [4.69, 9.17) is 9.47 Å². The Morgan fingerprint density at radius 1 is 1.21 bits per heavy atom. The number of carbonyl (C=O) groups is 2. The molecule has 11 nitrogen and oxygen atoms in total. The lowest BCUT2D eigenvalue weighted by Gasteiger charge is -2.36. The summed E-state index contributed by atoms with van der Waals surface area (Å²) in [7, 11) is 1.12. The number of hydrogen-bond donors (Lipinski definition) is 3. The van der Waals surface area contributed by atoms with Gasteiger partial charge in [0.05, 0.1) is 35.3 Å². The number of ether oxygens (including phenoxy) is 3. The minimum Gasteiger partial charge on any atom is -0.472 e. The molecule has 1 saturated carbocycles. The number of nitrogens with zero attached hydrogens (tertiary/aromatic N) is 1. The number of aliphatic hydroxyl groups excluding tert-OH is 2. The first-order valence-corrected chi connectivity index (χ1v) is 8.57. The number of rotatable bonds is 4. The molecule has 1 unspecified atom stereocenters. The standard InChI is InChI=1S/C18H19NO10/c1-18(24)12-11(10(16(22)27-2)7-28-17(12)23)13(14(18)20)29-15(21)8-3-5-9(6-4-8)19(25)26/h3-7,11-14,17,20,23-24H,1-2H3/t11-,12-,13+,14+,17?,18-/m1/s1. The zero-order chi connectivity index (χ0) is 21.5. The highest BCUT2D eigenvalue weighted by Crippen LogP contribution is 2.49. The number of fused-ring (bicyclic) bond motifs is 1. The second-order valence-corrected chi connectivity index (χ2v) is 6.99. The smallest absolute Gasteiger partial charge is 0.338 e. The van der Waals surface area contributed by atoms with Crippen LogP contribution in [0.25, 0.3) is 0 Å². The van der Waals surface area contributed by atoms with E-state index in [1.54, 1.807) is 0 Å². The van der Waals surface area contributed by atoms with Crippen LogP contribution in [-0.4, -0.2) is 63.4 Å². The minimum atomic E-state index is -1.96. The lowest BCUT2D eigenvalue weighted by atomic mass is 9.81. The number of hydrogen-bond acceptors (Lipinski definition) is 10. The second kappa shape index (κ2) is 7.43. The Hall–Kier alpha value is -3.02. The highest BCUT2D eigenvalue weighted by Gasteiger charge is 2.64. The number of nitro benzene ring substituents is 1. The number of nitro groups is 1. The molecule has 1 aromatic rings. The van der Waals surface area contributed by atoms with Crippen LogP contribution in [0, 0.1) is 22.0 Å². The van der Waals surface area contributed by atoms with Gasteiger partial charge in [0.1, 0.15) is 17.8 Å². The second-order valence-electron chi connectivity index (χ2n) is 6.99. The van der Waals surface area contributed by atoms with Gasteiger partial charge >= 0.3 is 11.9 Å². The number of esters is 2. The quantitative estimate of drug-likeness (QED) is 0.347. The van der Waals surface area contributed by atoms with Gasteiger partial charge in [-0.1, -0.05) is 0 Å². The lowest BCUT2D eigenvalue weighted by molar-refractivity contribution is -0.384. The molecule has 11 heteroatoms. The Balaban J connectivity index is 1.93. The fourth-order valence-electron chi connectivity index (χ4n) is 3.79. The summed E-state index contributed by atoms with van der Waals surface area (Å²) < 4.78 is 15.0. The normalized spacial score (nSPS) is 33.1. The number of non-ortho nitro benzene ring substituents is 1. The molecule has 0 spiro atoms. The van der Waals surface area contributed by atoms with Gasteiger partial charge in [-0.3, -0.25) is 10.1 Å². The van der Waals surface area contributed by atoms with Crippen molar-refractivity contribution in [2.75, 3.05) is 7.11 Å². The minimum absolute atomic E-state index is 0.0397. The van der Waals surface area contributed by atoms with Gasteiger partial charge in [-0.2, -0.15) is 0 Å². The van der Waals surface area contributed by atoms with Crippen LogP contribution in [0.15, 0.2) is 36.1 Å². The molecular formula is C18H19NO10.